The number of piperidine rings is 1. The summed E-state index contributed by atoms with van der Waals surface area (Å²) in [6, 6.07) is 0.809. The largest absolute Gasteiger partial charge is 0.385 e. The number of likely N-dealkylation sites (tertiary alicyclic amines) is 1. The van der Waals surface area contributed by atoms with Gasteiger partial charge in [0.15, 0.2) is 0 Å². The highest BCUT2D eigenvalue weighted by molar-refractivity contribution is 4.81. The topological polar surface area (TPSA) is 12.5 Å². The molecule has 0 bridgehead atoms. The normalized spacial score (nSPS) is 29.4. The number of rotatable bonds is 5. The van der Waals surface area contributed by atoms with Crippen molar-refractivity contribution in [3.8, 4) is 0 Å². The summed E-state index contributed by atoms with van der Waals surface area (Å²) in [6.45, 7) is 4.53. The van der Waals surface area contributed by atoms with E-state index in [9.17, 15) is 0 Å². The molecule has 14 heavy (non-hydrogen) atoms. The standard InChI is InChI=1S/C12H25NO/c1-4-11-7-5-9-13(2)12(11)8-6-10-14-3/h11-12H,4-10H2,1-3H3. The molecule has 1 heterocycles. The van der Waals surface area contributed by atoms with E-state index in [1.54, 1.807) is 7.11 Å². The van der Waals surface area contributed by atoms with Gasteiger partial charge in [-0.25, -0.2) is 0 Å². The van der Waals surface area contributed by atoms with Gasteiger partial charge in [-0.3, -0.25) is 0 Å². The Morgan fingerprint density at radius 3 is 2.86 bits per heavy atom. The molecule has 0 aromatic rings. The highest BCUT2D eigenvalue weighted by atomic mass is 16.5. The maximum Gasteiger partial charge on any atom is 0.0462 e. The third-order valence-electron chi connectivity index (χ3n) is 3.57. The highest BCUT2D eigenvalue weighted by Gasteiger charge is 2.26. The van der Waals surface area contributed by atoms with E-state index in [0.29, 0.717) is 0 Å². The number of hydrogen-bond donors (Lipinski definition) is 0. The molecule has 0 spiro atoms. The molecule has 0 saturated carbocycles. The first-order valence-electron chi connectivity index (χ1n) is 5.98. The lowest BCUT2D eigenvalue weighted by molar-refractivity contribution is 0.0972. The summed E-state index contributed by atoms with van der Waals surface area (Å²) in [5.41, 5.74) is 0. The number of hydrogen-bond acceptors (Lipinski definition) is 2. The fraction of sp³-hybridized carbons (Fsp3) is 1.00. The van der Waals surface area contributed by atoms with E-state index in [2.05, 4.69) is 18.9 Å². The minimum atomic E-state index is 0.809. The van der Waals surface area contributed by atoms with Crippen molar-refractivity contribution in [1.82, 2.24) is 4.90 Å². The van der Waals surface area contributed by atoms with E-state index in [-0.39, 0.29) is 0 Å². The van der Waals surface area contributed by atoms with Crippen LogP contribution in [-0.2, 0) is 4.74 Å². The summed E-state index contributed by atoms with van der Waals surface area (Å²) in [4.78, 5) is 2.55. The average molecular weight is 199 g/mol. The van der Waals surface area contributed by atoms with Crippen LogP contribution >= 0.6 is 0 Å². The Bertz CT molecular complexity index is 149. The van der Waals surface area contributed by atoms with Crippen molar-refractivity contribution >= 4 is 0 Å². The Morgan fingerprint density at radius 1 is 1.43 bits per heavy atom. The molecule has 1 aliphatic heterocycles. The van der Waals surface area contributed by atoms with Crippen LogP contribution < -0.4 is 0 Å². The van der Waals surface area contributed by atoms with Gasteiger partial charge in [-0.15, -0.1) is 0 Å². The average Bonchev–Trinajstić information content (AvgIpc) is 2.20. The van der Waals surface area contributed by atoms with Crippen LogP contribution in [0.1, 0.15) is 39.0 Å². The summed E-state index contributed by atoms with van der Waals surface area (Å²) in [7, 11) is 4.07. The maximum atomic E-state index is 5.12. The van der Waals surface area contributed by atoms with Crippen molar-refractivity contribution in [2.24, 2.45) is 5.92 Å². The van der Waals surface area contributed by atoms with Gasteiger partial charge >= 0.3 is 0 Å². The predicted octanol–water partition coefficient (Wildman–Crippen LogP) is 2.53. The number of methoxy groups -OCH3 is 1. The van der Waals surface area contributed by atoms with Crippen LogP contribution in [0.2, 0.25) is 0 Å². The molecule has 1 aliphatic rings. The molecule has 2 nitrogen and oxygen atoms in total. The summed E-state index contributed by atoms with van der Waals surface area (Å²) >= 11 is 0. The Kier molecular flexibility index (Phi) is 5.49. The van der Waals surface area contributed by atoms with Gasteiger partial charge in [0.25, 0.3) is 0 Å². The predicted molar refractivity (Wildman–Crippen MR) is 60.5 cm³/mol. The Labute approximate surface area is 88.6 Å². The van der Waals surface area contributed by atoms with Crippen LogP contribution in [-0.4, -0.2) is 38.3 Å². The molecule has 2 heteroatoms. The summed E-state index contributed by atoms with van der Waals surface area (Å²) in [5.74, 6) is 0.922. The van der Waals surface area contributed by atoms with Crippen LogP contribution in [0, 0.1) is 5.92 Å². The lowest BCUT2D eigenvalue weighted by Crippen LogP contribution is -2.42. The Hall–Kier alpha value is -0.0800. The second-order valence-electron chi connectivity index (χ2n) is 4.49. The fourth-order valence-corrected chi connectivity index (χ4v) is 2.69. The van der Waals surface area contributed by atoms with E-state index in [0.717, 1.165) is 18.6 Å². The molecule has 1 rings (SSSR count). The first-order valence-corrected chi connectivity index (χ1v) is 5.98. The molecular weight excluding hydrogens is 174 g/mol. The van der Waals surface area contributed by atoms with E-state index < -0.39 is 0 Å². The molecule has 0 aliphatic carbocycles. The minimum Gasteiger partial charge on any atom is -0.385 e. The molecule has 0 aromatic carbocycles. The molecule has 0 radical (unpaired) electrons. The van der Waals surface area contributed by atoms with Crippen molar-refractivity contribution < 1.29 is 4.74 Å². The molecule has 1 saturated heterocycles. The Morgan fingerprint density at radius 2 is 2.21 bits per heavy atom. The second-order valence-corrected chi connectivity index (χ2v) is 4.49. The van der Waals surface area contributed by atoms with Crippen LogP contribution in [0.4, 0.5) is 0 Å². The summed E-state index contributed by atoms with van der Waals surface area (Å²) < 4.78 is 5.12. The van der Waals surface area contributed by atoms with Gasteiger partial charge in [0.2, 0.25) is 0 Å². The Balaban J connectivity index is 2.34. The van der Waals surface area contributed by atoms with E-state index in [1.165, 1.54) is 38.6 Å². The van der Waals surface area contributed by atoms with Gasteiger partial charge in [-0.1, -0.05) is 13.3 Å². The zero-order valence-electron chi connectivity index (χ0n) is 9.96. The molecule has 84 valence electrons. The van der Waals surface area contributed by atoms with E-state index in [1.807, 2.05) is 0 Å². The van der Waals surface area contributed by atoms with Gasteiger partial charge in [-0.05, 0) is 45.2 Å². The van der Waals surface area contributed by atoms with Crippen LogP contribution in [0.5, 0.6) is 0 Å². The van der Waals surface area contributed by atoms with Gasteiger partial charge in [0, 0.05) is 19.8 Å². The van der Waals surface area contributed by atoms with Gasteiger partial charge < -0.3 is 9.64 Å². The van der Waals surface area contributed by atoms with Gasteiger partial charge in [0.05, 0.1) is 0 Å². The monoisotopic (exact) mass is 199 g/mol. The molecule has 2 atom stereocenters. The number of nitrogens with zero attached hydrogens (tertiary/aromatic N) is 1. The minimum absolute atomic E-state index is 0.809. The van der Waals surface area contributed by atoms with Crippen molar-refractivity contribution in [3.05, 3.63) is 0 Å². The summed E-state index contributed by atoms with van der Waals surface area (Å²) in [5, 5.41) is 0. The van der Waals surface area contributed by atoms with Crippen molar-refractivity contribution in [3.63, 3.8) is 0 Å². The van der Waals surface area contributed by atoms with E-state index >= 15 is 0 Å². The molecule has 1 fully saturated rings. The molecule has 2 unspecified atom stereocenters. The smallest absolute Gasteiger partial charge is 0.0462 e. The lowest BCUT2D eigenvalue weighted by Gasteiger charge is -2.39. The molecular formula is C12H25NO. The van der Waals surface area contributed by atoms with Crippen molar-refractivity contribution in [1.29, 1.82) is 0 Å². The van der Waals surface area contributed by atoms with Gasteiger partial charge in [-0.2, -0.15) is 0 Å². The van der Waals surface area contributed by atoms with E-state index in [4.69, 9.17) is 4.74 Å². The lowest BCUT2D eigenvalue weighted by atomic mass is 9.85. The van der Waals surface area contributed by atoms with Crippen molar-refractivity contribution in [2.75, 3.05) is 27.3 Å². The molecule has 0 amide bonds. The quantitative estimate of drug-likeness (QED) is 0.631. The van der Waals surface area contributed by atoms with Crippen molar-refractivity contribution in [2.45, 2.75) is 45.1 Å². The third kappa shape index (κ3) is 3.25. The zero-order valence-corrected chi connectivity index (χ0v) is 9.96. The van der Waals surface area contributed by atoms with Crippen LogP contribution in [0.15, 0.2) is 0 Å². The summed E-state index contributed by atoms with van der Waals surface area (Å²) in [6.07, 6.45) is 6.67. The zero-order chi connectivity index (χ0) is 10.4. The SMILES string of the molecule is CCC1CCCN(C)C1CCCOC. The van der Waals surface area contributed by atoms with Gasteiger partial charge in [0.1, 0.15) is 0 Å². The fourth-order valence-electron chi connectivity index (χ4n) is 2.69. The first-order chi connectivity index (χ1) is 6.79. The first kappa shape index (κ1) is 12.0. The molecule has 0 N–H and O–H groups in total. The maximum absolute atomic E-state index is 5.12. The van der Waals surface area contributed by atoms with Crippen LogP contribution in [0.3, 0.4) is 0 Å². The second kappa shape index (κ2) is 6.41. The number of ether oxygens (including phenoxy) is 1. The molecule has 0 aromatic heterocycles. The highest BCUT2D eigenvalue weighted by Crippen LogP contribution is 2.27. The third-order valence-corrected chi connectivity index (χ3v) is 3.57. The van der Waals surface area contributed by atoms with Crippen LogP contribution in [0.25, 0.3) is 0 Å².